The zero-order valence-corrected chi connectivity index (χ0v) is 12.8. The molecule has 0 radical (unpaired) electrons. The lowest BCUT2D eigenvalue weighted by Gasteiger charge is -2.05. The van der Waals surface area contributed by atoms with Gasteiger partial charge >= 0.3 is 0 Å². The highest BCUT2D eigenvalue weighted by Gasteiger charge is 2.15. The van der Waals surface area contributed by atoms with E-state index in [1.807, 2.05) is 19.2 Å². The molecule has 2 aromatic rings. The van der Waals surface area contributed by atoms with Crippen LogP contribution in [0.4, 0.5) is 5.95 Å². The molecule has 0 fully saturated rings. The Morgan fingerprint density at radius 1 is 1.30 bits per heavy atom. The van der Waals surface area contributed by atoms with E-state index >= 15 is 0 Å². The zero-order chi connectivity index (χ0) is 14.6. The fourth-order valence-electron chi connectivity index (χ4n) is 1.43. The molecule has 7 nitrogen and oxygen atoms in total. The van der Waals surface area contributed by atoms with Gasteiger partial charge in [0.05, 0.1) is 18.9 Å². The quantitative estimate of drug-likeness (QED) is 0.830. The lowest BCUT2D eigenvalue weighted by Crippen LogP contribution is -2.23. The van der Waals surface area contributed by atoms with Crippen molar-refractivity contribution in [2.24, 2.45) is 0 Å². The summed E-state index contributed by atoms with van der Waals surface area (Å²) < 4.78 is 26.6. The second-order valence-corrected chi connectivity index (χ2v) is 6.69. The standard InChI is InChI=1S/C11H15N5O2S2/c1-3-12-11-13-4-9(5-14-11)20(17,18)15-6-10-16-8(2)7-19-10/h4-5,7,15H,3,6H2,1-2H3,(H,12,13,14). The normalized spacial score (nSPS) is 11.5. The summed E-state index contributed by atoms with van der Waals surface area (Å²) in [7, 11) is -3.62. The molecule has 2 heterocycles. The maximum atomic E-state index is 12.0. The molecule has 0 aliphatic rings. The second-order valence-electron chi connectivity index (χ2n) is 3.98. The van der Waals surface area contributed by atoms with Crippen molar-refractivity contribution in [3.63, 3.8) is 0 Å². The van der Waals surface area contributed by atoms with Gasteiger partial charge in [0, 0.05) is 17.6 Å². The molecule has 0 bridgehead atoms. The molecule has 108 valence electrons. The highest BCUT2D eigenvalue weighted by molar-refractivity contribution is 7.89. The van der Waals surface area contributed by atoms with Crippen LogP contribution in [0.2, 0.25) is 0 Å². The van der Waals surface area contributed by atoms with Crippen LogP contribution in [0.5, 0.6) is 0 Å². The van der Waals surface area contributed by atoms with Crippen LogP contribution < -0.4 is 10.0 Å². The molecule has 0 amide bonds. The molecule has 0 atom stereocenters. The van der Waals surface area contributed by atoms with E-state index in [0.717, 1.165) is 10.7 Å². The van der Waals surface area contributed by atoms with Gasteiger partial charge in [0.2, 0.25) is 16.0 Å². The lowest BCUT2D eigenvalue weighted by molar-refractivity contribution is 0.580. The van der Waals surface area contributed by atoms with Crippen LogP contribution in [-0.2, 0) is 16.6 Å². The van der Waals surface area contributed by atoms with Crippen molar-refractivity contribution in [3.8, 4) is 0 Å². The largest absolute Gasteiger partial charge is 0.355 e. The molecule has 0 saturated carbocycles. The second kappa shape index (κ2) is 6.25. The summed E-state index contributed by atoms with van der Waals surface area (Å²) in [6, 6.07) is 0. The number of rotatable bonds is 6. The first-order chi connectivity index (χ1) is 9.51. The molecule has 0 aliphatic heterocycles. The molecule has 0 unspecified atom stereocenters. The molecule has 0 aliphatic carbocycles. The molecule has 20 heavy (non-hydrogen) atoms. The van der Waals surface area contributed by atoms with Gasteiger partial charge in [-0.3, -0.25) is 0 Å². The number of hydrogen-bond donors (Lipinski definition) is 2. The summed E-state index contributed by atoms with van der Waals surface area (Å²) in [4.78, 5) is 12.1. The van der Waals surface area contributed by atoms with Crippen LogP contribution in [-0.4, -0.2) is 29.9 Å². The Morgan fingerprint density at radius 2 is 2.00 bits per heavy atom. The first-order valence-corrected chi connectivity index (χ1v) is 8.34. The van der Waals surface area contributed by atoms with Crippen molar-refractivity contribution in [3.05, 3.63) is 28.5 Å². The lowest BCUT2D eigenvalue weighted by atomic mass is 10.6. The number of anilines is 1. The Balaban J connectivity index is 2.05. The van der Waals surface area contributed by atoms with Crippen LogP contribution in [0, 0.1) is 6.92 Å². The Hall–Kier alpha value is -1.58. The number of nitrogens with zero attached hydrogens (tertiary/aromatic N) is 3. The van der Waals surface area contributed by atoms with Crippen LogP contribution >= 0.6 is 11.3 Å². The van der Waals surface area contributed by atoms with Gasteiger partial charge < -0.3 is 5.32 Å². The zero-order valence-electron chi connectivity index (χ0n) is 11.1. The van der Waals surface area contributed by atoms with Crippen LogP contribution in [0.15, 0.2) is 22.7 Å². The Labute approximate surface area is 121 Å². The van der Waals surface area contributed by atoms with Crippen molar-refractivity contribution >= 4 is 27.3 Å². The molecular formula is C11H15N5O2S2. The summed E-state index contributed by atoms with van der Waals surface area (Å²) in [6.45, 7) is 4.61. The van der Waals surface area contributed by atoms with Gasteiger partial charge in [-0.15, -0.1) is 11.3 Å². The fraction of sp³-hybridized carbons (Fsp3) is 0.364. The summed E-state index contributed by atoms with van der Waals surface area (Å²) in [5.41, 5.74) is 0.877. The summed E-state index contributed by atoms with van der Waals surface area (Å²) in [6.07, 6.45) is 2.56. The van der Waals surface area contributed by atoms with E-state index in [1.54, 1.807) is 0 Å². The predicted octanol–water partition coefficient (Wildman–Crippen LogP) is 1.15. The van der Waals surface area contributed by atoms with E-state index in [0.29, 0.717) is 12.5 Å². The number of hydrogen-bond acceptors (Lipinski definition) is 7. The monoisotopic (exact) mass is 313 g/mol. The number of sulfonamides is 1. The third-order valence-electron chi connectivity index (χ3n) is 2.35. The van der Waals surface area contributed by atoms with E-state index in [1.165, 1.54) is 23.7 Å². The average Bonchev–Trinajstić information content (AvgIpc) is 2.84. The van der Waals surface area contributed by atoms with E-state index in [4.69, 9.17) is 0 Å². The summed E-state index contributed by atoms with van der Waals surface area (Å²) in [5, 5.41) is 5.49. The maximum Gasteiger partial charge on any atom is 0.244 e. The topological polar surface area (TPSA) is 96.9 Å². The van der Waals surface area contributed by atoms with E-state index in [9.17, 15) is 8.42 Å². The van der Waals surface area contributed by atoms with Gasteiger partial charge in [-0.1, -0.05) is 0 Å². The van der Waals surface area contributed by atoms with Gasteiger partial charge in [-0.2, -0.15) is 0 Å². The Kier molecular flexibility index (Phi) is 4.63. The fourth-order valence-corrected chi connectivity index (χ4v) is 3.11. The highest BCUT2D eigenvalue weighted by atomic mass is 32.2. The van der Waals surface area contributed by atoms with Crippen molar-refractivity contribution in [2.75, 3.05) is 11.9 Å². The average molecular weight is 313 g/mol. The molecule has 0 saturated heterocycles. The molecule has 2 rings (SSSR count). The Morgan fingerprint density at radius 3 is 2.55 bits per heavy atom. The van der Waals surface area contributed by atoms with Crippen LogP contribution in [0.25, 0.3) is 0 Å². The molecule has 9 heteroatoms. The van der Waals surface area contributed by atoms with Crippen LogP contribution in [0.3, 0.4) is 0 Å². The Bertz CT molecular complexity index is 666. The highest BCUT2D eigenvalue weighted by Crippen LogP contribution is 2.11. The van der Waals surface area contributed by atoms with Crippen molar-refractivity contribution in [1.82, 2.24) is 19.7 Å². The van der Waals surface area contributed by atoms with Crippen molar-refractivity contribution in [1.29, 1.82) is 0 Å². The predicted molar refractivity (Wildman–Crippen MR) is 77.1 cm³/mol. The minimum atomic E-state index is -3.62. The third kappa shape index (κ3) is 3.71. The number of thiazole rings is 1. The molecule has 0 aromatic carbocycles. The number of aryl methyl sites for hydroxylation is 1. The minimum absolute atomic E-state index is 0.0347. The van der Waals surface area contributed by atoms with Crippen molar-refractivity contribution in [2.45, 2.75) is 25.3 Å². The molecule has 2 aromatic heterocycles. The van der Waals surface area contributed by atoms with E-state index < -0.39 is 10.0 Å². The minimum Gasteiger partial charge on any atom is -0.355 e. The summed E-state index contributed by atoms with van der Waals surface area (Å²) >= 11 is 1.42. The number of nitrogens with one attached hydrogen (secondary N) is 2. The molecule has 2 N–H and O–H groups in total. The van der Waals surface area contributed by atoms with E-state index in [-0.39, 0.29) is 11.4 Å². The third-order valence-corrected chi connectivity index (χ3v) is 4.68. The number of aromatic nitrogens is 3. The first-order valence-electron chi connectivity index (χ1n) is 5.98. The first kappa shape index (κ1) is 14.8. The van der Waals surface area contributed by atoms with Gasteiger partial charge in [-0.05, 0) is 13.8 Å². The van der Waals surface area contributed by atoms with Crippen molar-refractivity contribution < 1.29 is 8.42 Å². The van der Waals surface area contributed by atoms with Gasteiger partial charge in [0.1, 0.15) is 9.90 Å². The van der Waals surface area contributed by atoms with Gasteiger partial charge in [-0.25, -0.2) is 28.1 Å². The maximum absolute atomic E-state index is 12.0. The van der Waals surface area contributed by atoms with Crippen LogP contribution in [0.1, 0.15) is 17.6 Å². The SMILES string of the molecule is CCNc1ncc(S(=O)(=O)NCc2nc(C)cs2)cn1. The smallest absolute Gasteiger partial charge is 0.244 e. The van der Waals surface area contributed by atoms with Gasteiger partial charge in [0.25, 0.3) is 0 Å². The van der Waals surface area contributed by atoms with Gasteiger partial charge in [0.15, 0.2) is 0 Å². The summed E-state index contributed by atoms with van der Waals surface area (Å²) in [5.74, 6) is 0.405. The molecular weight excluding hydrogens is 298 g/mol. The van der Waals surface area contributed by atoms with E-state index in [2.05, 4.69) is 25.0 Å². The molecule has 0 spiro atoms.